The van der Waals surface area contributed by atoms with Crippen molar-refractivity contribution in [3.63, 3.8) is 0 Å². The fraction of sp³-hybridized carbons (Fsp3) is 1.00. The van der Waals surface area contributed by atoms with Crippen molar-refractivity contribution in [1.82, 2.24) is 0 Å². The summed E-state index contributed by atoms with van der Waals surface area (Å²) in [7, 11) is 0. The van der Waals surface area contributed by atoms with E-state index in [9.17, 15) is 25.5 Å². The Kier molecular flexibility index (Phi) is 7.19. The standard InChI is InChI=1S/C35H57FO8/c1-17-14-19(27(36)31(4,5)41)43-26-23(17)32(6)12-13-35-16-34(35)11-10-22(44-29-25(39)24(38)18(37)15-42-29)30(2,3)20(34)8-9-21(35)33(32,7)28(26)40/h17-29,37-41H,8-16H2,1-7H3/t17-,18-,19-,20+,21+,22+,23?,24+,25-,26?,27-,28+,29?,32-,33-,34-,35+/m1/s1. The topological polar surface area (TPSA) is 129 Å². The van der Waals surface area contributed by atoms with Gasteiger partial charge in [-0.2, -0.15) is 0 Å². The van der Waals surface area contributed by atoms with Crippen molar-refractivity contribution < 1.29 is 44.1 Å². The largest absolute Gasteiger partial charge is 0.390 e. The number of hydrogen-bond donors (Lipinski definition) is 5. The number of alkyl halides is 1. The van der Waals surface area contributed by atoms with Gasteiger partial charge in [0.15, 0.2) is 12.5 Å². The van der Waals surface area contributed by atoms with Gasteiger partial charge in [0, 0.05) is 5.41 Å². The molecule has 0 radical (unpaired) electrons. The smallest absolute Gasteiger partial charge is 0.186 e. The van der Waals surface area contributed by atoms with E-state index in [4.69, 9.17) is 14.2 Å². The van der Waals surface area contributed by atoms with Crippen molar-refractivity contribution in [2.75, 3.05) is 6.61 Å². The molecule has 8 nitrogen and oxygen atoms in total. The van der Waals surface area contributed by atoms with Crippen LogP contribution in [0.2, 0.25) is 0 Å². The Morgan fingerprint density at radius 2 is 1.57 bits per heavy atom. The van der Waals surface area contributed by atoms with Gasteiger partial charge in [0.2, 0.25) is 0 Å². The van der Waals surface area contributed by atoms with Crippen LogP contribution in [0.15, 0.2) is 0 Å². The zero-order chi connectivity index (χ0) is 32.0. The molecule has 7 rings (SSSR count). The maximum atomic E-state index is 15.4. The first-order valence-electron chi connectivity index (χ1n) is 17.4. The second-order valence-corrected chi connectivity index (χ2v) is 18.0. The fourth-order valence-electron chi connectivity index (χ4n) is 13.3. The summed E-state index contributed by atoms with van der Waals surface area (Å²) in [6.45, 7) is 14.4. The molecule has 2 heterocycles. The van der Waals surface area contributed by atoms with Gasteiger partial charge in [-0.1, -0.05) is 34.6 Å². The van der Waals surface area contributed by atoms with Crippen molar-refractivity contribution in [2.24, 2.45) is 50.7 Å². The number of aliphatic hydroxyl groups is 5. The Balaban J connectivity index is 1.14. The summed E-state index contributed by atoms with van der Waals surface area (Å²) in [6.07, 6.45) is -0.380. The zero-order valence-electron chi connectivity index (χ0n) is 27.7. The molecule has 5 saturated carbocycles. The average molecular weight is 625 g/mol. The van der Waals surface area contributed by atoms with Gasteiger partial charge in [-0.3, -0.25) is 0 Å². The molecule has 0 amide bonds. The quantitative estimate of drug-likeness (QED) is 0.300. The summed E-state index contributed by atoms with van der Waals surface area (Å²) >= 11 is 0. The van der Waals surface area contributed by atoms with Gasteiger partial charge in [0.05, 0.1) is 36.6 Å². The van der Waals surface area contributed by atoms with Crippen LogP contribution in [0.4, 0.5) is 4.39 Å². The summed E-state index contributed by atoms with van der Waals surface area (Å²) in [5, 5.41) is 53.5. The molecule has 0 aromatic carbocycles. The third kappa shape index (κ3) is 3.90. The van der Waals surface area contributed by atoms with E-state index in [1.807, 2.05) is 0 Å². The highest BCUT2D eigenvalue weighted by molar-refractivity contribution is 5.33. The fourth-order valence-corrected chi connectivity index (χ4v) is 13.3. The van der Waals surface area contributed by atoms with Crippen LogP contribution in [-0.2, 0) is 14.2 Å². The lowest BCUT2D eigenvalue weighted by Gasteiger charge is -2.64. The number of aliphatic hydroxyl groups excluding tert-OH is 4. The highest BCUT2D eigenvalue weighted by atomic mass is 19.1. The van der Waals surface area contributed by atoms with Crippen molar-refractivity contribution in [1.29, 1.82) is 0 Å². The summed E-state index contributed by atoms with van der Waals surface area (Å²) < 4.78 is 34.0. The molecule has 2 aliphatic heterocycles. The Labute approximate surface area is 262 Å². The molecule has 17 atom stereocenters. The van der Waals surface area contributed by atoms with Crippen LogP contribution < -0.4 is 0 Å². The number of ether oxygens (including phenoxy) is 3. The first-order chi connectivity index (χ1) is 20.4. The first kappa shape index (κ1) is 32.2. The molecule has 5 aliphatic carbocycles. The van der Waals surface area contributed by atoms with Crippen molar-refractivity contribution in [3.05, 3.63) is 0 Å². The van der Waals surface area contributed by atoms with Gasteiger partial charge in [0.25, 0.3) is 0 Å². The number of fused-ring (bicyclic) bond motifs is 4. The minimum Gasteiger partial charge on any atom is -0.390 e. The Hall–Kier alpha value is -0.390. The van der Waals surface area contributed by atoms with Crippen LogP contribution in [0.5, 0.6) is 0 Å². The summed E-state index contributed by atoms with van der Waals surface area (Å²) in [5.74, 6) is 1.11. The lowest BCUT2D eigenvalue weighted by Crippen LogP contribution is -2.61. The molecule has 0 bridgehead atoms. The number of hydrogen-bond acceptors (Lipinski definition) is 8. The molecule has 2 saturated heterocycles. The average Bonchev–Trinajstić information content (AvgIpc) is 3.58. The van der Waals surface area contributed by atoms with Gasteiger partial charge >= 0.3 is 0 Å². The maximum absolute atomic E-state index is 15.4. The zero-order valence-corrected chi connectivity index (χ0v) is 27.7. The van der Waals surface area contributed by atoms with E-state index in [1.54, 1.807) is 0 Å². The lowest BCUT2D eigenvalue weighted by molar-refractivity contribution is -0.303. The predicted octanol–water partition coefficient (Wildman–Crippen LogP) is 3.73. The number of halogens is 1. The van der Waals surface area contributed by atoms with Gasteiger partial charge in [-0.25, -0.2) is 4.39 Å². The molecule has 5 N–H and O–H groups in total. The van der Waals surface area contributed by atoms with Crippen LogP contribution in [0.25, 0.3) is 0 Å². The third-order valence-electron chi connectivity index (χ3n) is 15.5. The van der Waals surface area contributed by atoms with E-state index in [2.05, 4.69) is 34.6 Å². The number of rotatable bonds is 4. The summed E-state index contributed by atoms with van der Waals surface area (Å²) in [5.41, 5.74) is -1.82. The van der Waals surface area contributed by atoms with E-state index in [0.29, 0.717) is 18.3 Å². The van der Waals surface area contributed by atoms with Gasteiger partial charge in [-0.05, 0) is 111 Å². The SMILES string of the molecule is C[C@@H]1C[C@H]([C@@H](F)C(C)(C)O)OC2C1[C@@]1(C)CC[C@@]34C[C@@]35CC[C@H](OC3OC[C@@H](O)[C@H](O)[C@H]3O)C(C)(C)[C@@H]5CC[C@H]4[C@]1(C)[C@H]2O. The molecule has 44 heavy (non-hydrogen) atoms. The molecular weight excluding hydrogens is 567 g/mol. The summed E-state index contributed by atoms with van der Waals surface area (Å²) in [6, 6.07) is 0. The van der Waals surface area contributed by atoms with Crippen LogP contribution in [0.1, 0.15) is 99.8 Å². The monoisotopic (exact) mass is 624 g/mol. The van der Waals surface area contributed by atoms with Gasteiger partial charge < -0.3 is 39.7 Å². The van der Waals surface area contributed by atoms with Crippen molar-refractivity contribution >= 4 is 0 Å². The molecule has 252 valence electrons. The van der Waals surface area contributed by atoms with Crippen molar-refractivity contribution in [3.8, 4) is 0 Å². The highest BCUT2D eigenvalue weighted by Crippen LogP contribution is 2.89. The van der Waals surface area contributed by atoms with Crippen LogP contribution >= 0.6 is 0 Å². The molecule has 0 aromatic rings. The summed E-state index contributed by atoms with van der Waals surface area (Å²) in [4.78, 5) is 0. The third-order valence-corrected chi connectivity index (χ3v) is 15.5. The second-order valence-electron chi connectivity index (χ2n) is 18.0. The van der Waals surface area contributed by atoms with Crippen molar-refractivity contribution in [2.45, 2.75) is 161 Å². The molecule has 2 spiro atoms. The van der Waals surface area contributed by atoms with Crippen LogP contribution in [0.3, 0.4) is 0 Å². The van der Waals surface area contributed by atoms with E-state index in [1.165, 1.54) is 13.8 Å². The van der Waals surface area contributed by atoms with Crippen LogP contribution in [0, 0.1) is 50.7 Å². The second kappa shape index (κ2) is 9.83. The van der Waals surface area contributed by atoms with E-state index < -0.39 is 54.7 Å². The van der Waals surface area contributed by atoms with Crippen LogP contribution in [-0.4, -0.2) is 92.9 Å². The van der Waals surface area contributed by atoms with E-state index in [-0.39, 0.29) is 51.6 Å². The predicted molar refractivity (Wildman–Crippen MR) is 160 cm³/mol. The lowest BCUT2D eigenvalue weighted by atomic mass is 9.41. The molecule has 9 heteroatoms. The Morgan fingerprint density at radius 1 is 0.909 bits per heavy atom. The molecular formula is C35H57FO8. The minimum absolute atomic E-state index is 0.0668. The molecule has 0 aromatic heterocycles. The molecule has 7 fully saturated rings. The normalized spacial score (nSPS) is 58.6. The van der Waals surface area contributed by atoms with E-state index in [0.717, 1.165) is 44.9 Å². The van der Waals surface area contributed by atoms with Gasteiger partial charge in [0.1, 0.15) is 18.3 Å². The Morgan fingerprint density at radius 3 is 2.25 bits per heavy atom. The van der Waals surface area contributed by atoms with E-state index >= 15 is 4.39 Å². The first-order valence-corrected chi connectivity index (χ1v) is 17.4. The Bertz CT molecular complexity index is 1140. The molecule has 7 aliphatic rings. The minimum atomic E-state index is -1.51. The highest BCUT2D eigenvalue weighted by Gasteiger charge is 2.84. The molecule has 3 unspecified atom stereocenters. The maximum Gasteiger partial charge on any atom is 0.186 e. The van der Waals surface area contributed by atoms with Gasteiger partial charge in [-0.15, -0.1) is 0 Å².